The summed E-state index contributed by atoms with van der Waals surface area (Å²) in [5.41, 5.74) is 2.76. The third kappa shape index (κ3) is 3.09. The Balaban J connectivity index is 1.76. The summed E-state index contributed by atoms with van der Waals surface area (Å²) in [4.78, 5) is 20.0. The Kier molecular flexibility index (Phi) is 4.07. The summed E-state index contributed by atoms with van der Waals surface area (Å²) in [5, 5.41) is 4.21. The van der Waals surface area contributed by atoms with E-state index in [1.54, 1.807) is 0 Å². The maximum atomic E-state index is 12.4. The van der Waals surface area contributed by atoms with Crippen molar-refractivity contribution < 1.29 is 4.79 Å². The zero-order valence-electron chi connectivity index (χ0n) is 13.5. The predicted molar refractivity (Wildman–Crippen MR) is 90.6 cm³/mol. The molecule has 5 nitrogen and oxygen atoms in total. The fraction of sp³-hybridized carbons (Fsp3) is 0.471. The van der Waals surface area contributed by atoms with Gasteiger partial charge in [0.2, 0.25) is 0 Å². The van der Waals surface area contributed by atoms with E-state index in [4.69, 9.17) is 0 Å². The van der Waals surface area contributed by atoms with E-state index in [2.05, 4.69) is 39.3 Å². The molecular formula is C17H24N4O. The summed E-state index contributed by atoms with van der Waals surface area (Å²) in [6.45, 7) is 2.04. The highest BCUT2D eigenvalue weighted by Gasteiger charge is 2.20. The molecule has 1 aliphatic rings. The molecule has 1 atom stereocenters. The quantitative estimate of drug-likeness (QED) is 0.912. The van der Waals surface area contributed by atoms with E-state index in [9.17, 15) is 4.79 Å². The number of piperidine rings is 1. The molecule has 0 bridgehead atoms. The highest BCUT2D eigenvalue weighted by Crippen LogP contribution is 2.21. The molecule has 3 rings (SSSR count). The van der Waals surface area contributed by atoms with Crippen LogP contribution in [0.1, 0.15) is 23.3 Å². The Hall–Kier alpha value is -2.01. The Morgan fingerprint density at radius 1 is 1.36 bits per heavy atom. The van der Waals surface area contributed by atoms with Crippen molar-refractivity contribution in [1.29, 1.82) is 0 Å². The molecule has 5 heteroatoms. The molecular weight excluding hydrogens is 276 g/mol. The van der Waals surface area contributed by atoms with Crippen LogP contribution in [0.3, 0.4) is 0 Å². The molecule has 1 aromatic heterocycles. The van der Waals surface area contributed by atoms with Gasteiger partial charge < -0.3 is 20.1 Å². The Morgan fingerprint density at radius 2 is 2.18 bits per heavy atom. The maximum Gasteiger partial charge on any atom is 0.267 e. The number of H-pyrrole nitrogens is 1. The van der Waals surface area contributed by atoms with Gasteiger partial charge in [-0.05, 0) is 44.6 Å². The maximum absolute atomic E-state index is 12.4. The number of likely N-dealkylation sites (N-methyl/N-ethyl adjacent to an activating group) is 1. The van der Waals surface area contributed by atoms with Crippen LogP contribution in [0.25, 0.3) is 10.9 Å². The number of nitrogens with zero attached hydrogens (tertiary/aromatic N) is 2. The highest BCUT2D eigenvalue weighted by molar-refractivity contribution is 5.98. The van der Waals surface area contributed by atoms with Crippen LogP contribution in [0.5, 0.6) is 0 Å². The van der Waals surface area contributed by atoms with E-state index in [0.29, 0.717) is 5.69 Å². The fourth-order valence-corrected chi connectivity index (χ4v) is 3.06. The SMILES string of the molecule is CN1CCCC(NC(=O)c2cc3ccc(N(C)C)cc3[nH]2)C1. The number of hydrogen-bond acceptors (Lipinski definition) is 3. The van der Waals surface area contributed by atoms with Crippen LogP contribution in [0.4, 0.5) is 5.69 Å². The molecule has 0 radical (unpaired) electrons. The number of carbonyl (C=O) groups excluding carboxylic acids is 1. The minimum Gasteiger partial charge on any atom is -0.378 e. The van der Waals surface area contributed by atoms with Crippen molar-refractivity contribution in [1.82, 2.24) is 15.2 Å². The molecule has 1 aromatic carbocycles. The van der Waals surface area contributed by atoms with Crippen molar-refractivity contribution in [3.63, 3.8) is 0 Å². The lowest BCUT2D eigenvalue weighted by molar-refractivity contribution is 0.0908. The van der Waals surface area contributed by atoms with Crippen molar-refractivity contribution in [2.45, 2.75) is 18.9 Å². The number of nitrogens with one attached hydrogen (secondary N) is 2. The van der Waals surface area contributed by atoms with Crippen molar-refractivity contribution in [3.8, 4) is 0 Å². The number of benzene rings is 1. The zero-order valence-corrected chi connectivity index (χ0v) is 13.5. The van der Waals surface area contributed by atoms with Crippen LogP contribution in [-0.4, -0.2) is 56.1 Å². The summed E-state index contributed by atoms with van der Waals surface area (Å²) in [6, 6.07) is 8.35. The Labute approximate surface area is 131 Å². The Bertz CT molecular complexity index is 676. The first kappa shape index (κ1) is 14.9. The first-order chi connectivity index (χ1) is 10.5. The van der Waals surface area contributed by atoms with Crippen LogP contribution in [0.15, 0.2) is 24.3 Å². The second-order valence-electron chi connectivity index (χ2n) is 6.42. The van der Waals surface area contributed by atoms with Crippen LogP contribution in [0, 0.1) is 0 Å². The van der Waals surface area contributed by atoms with Gasteiger partial charge in [-0.15, -0.1) is 0 Å². The summed E-state index contributed by atoms with van der Waals surface area (Å²) in [5.74, 6) is -0.0112. The molecule has 118 valence electrons. The van der Waals surface area contributed by atoms with Crippen LogP contribution in [-0.2, 0) is 0 Å². The number of anilines is 1. The molecule has 0 saturated carbocycles. The number of amides is 1. The summed E-state index contributed by atoms with van der Waals surface area (Å²) in [6.07, 6.45) is 2.20. The minimum absolute atomic E-state index is 0.0112. The highest BCUT2D eigenvalue weighted by atomic mass is 16.1. The third-order valence-electron chi connectivity index (χ3n) is 4.33. The average Bonchev–Trinajstić information content (AvgIpc) is 2.90. The van der Waals surface area contributed by atoms with Gasteiger partial charge in [-0.2, -0.15) is 0 Å². The smallest absolute Gasteiger partial charge is 0.267 e. The van der Waals surface area contributed by atoms with Gasteiger partial charge in [-0.25, -0.2) is 0 Å². The molecule has 1 aliphatic heterocycles. The van der Waals surface area contributed by atoms with Crippen molar-refractivity contribution in [3.05, 3.63) is 30.0 Å². The number of carbonyl (C=O) groups is 1. The number of aromatic nitrogens is 1. The number of likely N-dealkylation sites (tertiary alicyclic amines) is 1. The molecule has 0 aliphatic carbocycles. The first-order valence-corrected chi connectivity index (χ1v) is 7.82. The third-order valence-corrected chi connectivity index (χ3v) is 4.33. The van der Waals surface area contributed by atoms with E-state index in [1.165, 1.54) is 0 Å². The number of fused-ring (bicyclic) bond motifs is 1. The van der Waals surface area contributed by atoms with Gasteiger partial charge in [-0.1, -0.05) is 6.07 Å². The first-order valence-electron chi connectivity index (χ1n) is 7.82. The fourth-order valence-electron chi connectivity index (χ4n) is 3.06. The monoisotopic (exact) mass is 300 g/mol. The van der Waals surface area contributed by atoms with Crippen molar-refractivity contribution >= 4 is 22.5 Å². The van der Waals surface area contributed by atoms with E-state index in [0.717, 1.165) is 42.5 Å². The van der Waals surface area contributed by atoms with Crippen LogP contribution < -0.4 is 10.2 Å². The Morgan fingerprint density at radius 3 is 2.91 bits per heavy atom. The average molecular weight is 300 g/mol. The van der Waals surface area contributed by atoms with E-state index in [-0.39, 0.29) is 11.9 Å². The zero-order chi connectivity index (χ0) is 15.7. The molecule has 22 heavy (non-hydrogen) atoms. The number of hydrogen-bond donors (Lipinski definition) is 2. The molecule has 0 spiro atoms. The van der Waals surface area contributed by atoms with E-state index >= 15 is 0 Å². The molecule has 2 aromatic rings. The van der Waals surface area contributed by atoms with Gasteiger partial charge in [0.15, 0.2) is 0 Å². The van der Waals surface area contributed by atoms with E-state index in [1.807, 2.05) is 26.2 Å². The lowest BCUT2D eigenvalue weighted by atomic mass is 10.1. The van der Waals surface area contributed by atoms with Crippen molar-refractivity contribution in [2.75, 3.05) is 39.1 Å². The van der Waals surface area contributed by atoms with Crippen LogP contribution >= 0.6 is 0 Å². The van der Waals surface area contributed by atoms with Gasteiger partial charge in [0.05, 0.1) is 0 Å². The number of rotatable bonds is 3. The lowest BCUT2D eigenvalue weighted by Crippen LogP contribution is -2.46. The van der Waals surface area contributed by atoms with E-state index < -0.39 is 0 Å². The molecule has 1 saturated heterocycles. The van der Waals surface area contributed by atoms with Gasteiger partial charge in [0, 0.05) is 43.3 Å². The van der Waals surface area contributed by atoms with Gasteiger partial charge >= 0.3 is 0 Å². The van der Waals surface area contributed by atoms with Gasteiger partial charge in [0.25, 0.3) is 5.91 Å². The topological polar surface area (TPSA) is 51.4 Å². The largest absolute Gasteiger partial charge is 0.378 e. The second-order valence-corrected chi connectivity index (χ2v) is 6.42. The number of aromatic amines is 1. The molecule has 1 amide bonds. The second kappa shape index (κ2) is 6.01. The summed E-state index contributed by atoms with van der Waals surface area (Å²) >= 11 is 0. The minimum atomic E-state index is -0.0112. The van der Waals surface area contributed by atoms with Gasteiger partial charge in [-0.3, -0.25) is 4.79 Å². The summed E-state index contributed by atoms with van der Waals surface area (Å²) in [7, 11) is 6.12. The van der Waals surface area contributed by atoms with Crippen LogP contribution in [0.2, 0.25) is 0 Å². The lowest BCUT2D eigenvalue weighted by Gasteiger charge is -2.30. The normalized spacial score (nSPS) is 19.3. The molecule has 1 unspecified atom stereocenters. The van der Waals surface area contributed by atoms with Crippen molar-refractivity contribution in [2.24, 2.45) is 0 Å². The standard InChI is InChI=1S/C17H24N4O/c1-20(2)14-7-6-12-9-16(19-15(12)10-14)17(22)18-13-5-4-8-21(3)11-13/h6-7,9-10,13,19H,4-5,8,11H2,1-3H3,(H,18,22). The predicted octanol–water partition coefficient (Wildman–Crippen LogP) is 2.06. The molecule has 1 fully saturated rings. The summed E-state index contributed by atoms with van der Waals surface area (Å²) < 4.78 is 0. The van der Waals surface area contributed by atoms with Gasteiger partial charge in [0.1, 0.15) is 5.69 Å². The molecule has 2 heterocycles. The molecule has 2 N–H and O–H groups in total.